The molecular formula is C54H32N2O2. The summed E-state index contributed by atoms with van der Waals surface area (Å²) in [6, 6.07) is 69.6. The topological polar surface area (TPSA) is 36.1 Å². The molecule has 4 aromatic heterocycles. The van der Waals surface area contributed by atoms with E-state index in [-0.39, 0.29) is 0 Å². The molecule has 0 bridgehead atoms. The van der Waals surface area contributed by atoms with Crippen molar-refractivity contribution in [2.75, 3.05) is 0 Å². The molecule has 13 rings (SSSR count). The molecule has 13 aromatic rings. The highest BCUT2D eigenvalue weighted by Gasteiger charge is 2.25. The number of furan rings is 2. The molecule has 0 saturated carbocycles. The van der Waals surface area contributed by atoms with Gasteiger partial charge in [-0.3, -0.25) is 0 Å². The summed E-state index contributed by atoms with van der Waals surface area (Å²) < 4.78 is 17.9. The molecule has 0 saturated heterocycles. The van der Waals surface area contributed by atoms with Crippen molar-refractivity contribution in [1.29, 1.82) is 0 Å². The van der Waals surface area contributed by atoms with E-state index in [1.807, 2.05) is 18.2 Å². The number of hydrogen-bond donors (Lipinski definition) is 0. The van der Waals surface area contributed by atoms with Gasteiger partial charge in [0, 0.05) is 59.9 Å². The standard InChI is InChI=1S/C54H32N2O2/c1-2-14-34(15-3-1)55-45-24-9-5-19-41(45)52-46(55)30-29-35(33-28-31-50-43(32-33)38-18-7-10-26-48(38)57-50)51(52)42-22-12-20-39-36-16-4-8-23-44(36)56(53(39)42)47-25-13-21-40-37-17-6-11-27-49(37)58-54(40)47/h1-32H. The van der Waals surface area contributed by atoms with Crippen LogP contribution in [0.5, 0.6) is 0 Å². The molecule has 4 heterocycles. The van der Waals surface area contributed by atoms with Crippen molar-refractivity contribution in [3.8, 4) is 33.6 Å². The van der Waals surface area contributed by atoms with E-state index in [1.165, 1.54) is 27.1 Å². The third-order valence-corrected chi connectivity index (χ3v) is 12.1. The normalized spacial score (nSPS) is 12.1. The monoisotopic (exact) mass is 740 g/mol. The summed E-state index contributed by atoms with van der Waals surface area (Å²) in [4.78, 5) is 0. The number of benzene rings is 9. The van der Waals surface area contributed by atoms with Crippen molar-refractivity contribution in [2.45, 2.75) is 0 Å². The van der Waals surface area contributed by atoms with Crippen LogP contribution in [-0.4, -0.2) is 9.13 Å². The maximum absolute atomic E-state index is 6.76. The summed E-state index contributed by atoms with van der Waals surface area (Å²) >= 11 is 0. The van der Waals surface area contributed by atoms with Gasteiger partial charge in [0.25, 0.3) is 0 Å². The number of aromatic nitrogens is 2. The van der Waals surface area contributed by atoms with Crippen LogP contribution in [0.3, 0.4) is 0 Å². The second-order valence-corrected chi connectivity index (χ2v) is 15.2. The largest absolute Gasteiger partial charge is 0.456 e. The molecule has 0 amide bonds. The first-order valence-electron chi connectivity index (χ1n) is 19.8. The third kappa shape index (κ3) is 4.29. The van der Waals surface area contributed by atoms with E-state index < -0.39 is 0 Å². The molecule has 0 spiro atoms. The van der Waals surface area contributed by atoms with Crippen LogP contribution in [0.4, 0.5) is 0 Å². The van der Waals surface area contributed by atoms with E-state index in [4.69, 9.17) is 8.83 Å². The second kappa shape index (κ2) is 11.8. The Morgan fingerprint density at radius 2 is 0.966 bits per heavy atom. The molecule has 4 heteroatoms. The lowest BCUT2D eigenvalue weighted by Gasteiger charge is -2.17. The van der Waals surface area contributed by atoms with Crippen molar-refractivity contribution in [3.05, 3.63) is 194 Å². The Morgan fingerprint density at radius 1 is 0.345 bits per heavy atom. The van der Waals surface area contributed by atoms with E-state index in [0.717, 1.165) is 94.0 Å². The van der Waals surface area contributed by atoms with Crippen LogP contribution >= 0.6 is 0 Å². The first-order valence-corrected chi connectivity index (χ1v) is 19.8. The molecule has 270 valence electrons. The lowest BCUT2D eigenvalue weighted by Crippen LogP contribution is -1.98. The Hall–Kier alpha value is -7.82. The Morgan fingerprint density at radius 3 is 1.79 bits per heavy atom. The van der Waals surface area contributed by atoms with Crippen molar-refractivity contribution in [2.24, 2.45) is 0 Å². The van der Waals surface area contributed by atoms with Gasteiger partial charge in [0.05, 0.1) is 27.8 Å². The summed E-state index contributed by atoms with van der Waals surface area (Å²) in [5, 5.41) is 9.23. The summed E-state index contributed by atoms with van der Waals surface area (Å²) in [5.74, 6) is 0. The third-order valence-electron chi connectivity index (χ3n) is 12.1. The van der Waals surface area contributed by atoms with Crippen LogP contribution in [-0.2, 0) is 0 Å². The Balaban J connectivity index is 1.22. The molecule has 0 N–H and O–H groups in total. The highest BCUT2D eigenvalue weighted by atomic mass is 16.3. The maximum Gasteiger partial charge on any atom is 0.159 e. The first-order chi connectivity index (χ1) is 28.8. The van der Waals surface area contributed by atoms with Crippen LogP contribution < -0.4 is 0 Å². The number of hydrogen-bond acceptors (Lipinski definition) is 2. The molecule has 0 aliphatic carbocycles. The fourth-order valence-corrected chi connectivity index (χ4v) is 9.71. The number of fused-ring (bicyclic) bond motifs is 12. The fourth-order valence-electron chi connectivity index (χ4n) is 9.71. The van der Waals surface area contributed by atoms with Crippen LogP contribution in [0.2, 0.25) is 0 Å². The SMILES string of the molecule is c1ccc(-n2c3ccccc3c3c(-c4cccc5c6ccccc6n(-c6cccc7c6oc6ccccc67)c45)c(-c4ccc5oc6ccccc6c5c4)ccc32)cc1. The fraction of sp³-hybridized carbons (Fsp3) is 0. The molecule has 58 heavy (non-hydrogen) atoms. The lowest BCUT2D eigenvalue weighted by molar-refractivity contribution is 0.666. The smallest absolute Gasteiger partial charge is 0.159 e. The predicted molar refractivity (Wildman–Crippen MR) is 241 cm³/mol. The molecule has 4 nitrogen and oxygen atoms in total. The van der Waals surface area contributed by atoms with E-state index >= 15 is 0 Å². The van der Waals surface area contributed by atoms with Gasteiger partial charge in [-0.25, -0.2) is 0 Å². The van der Waals surface area contributed by atoms with E-state index in [0.29, 0.717) is 0 Å². The van der Waals surface area contributed by atoms with Gasteiger partial charge in [-0.1, -0.05) is 133 Å². The van der Waals surface area contributed by atoms with Gasteiger partial charge in [0.2, 0.25) is 0 Å². The summed E-state index contributed by atoms with van der Waals surface area (Å²) in [6.07, 6.45) is 0. The van der Waals surface area contributed by atoms with E-state index in [2.05, 4.69) is 185 Å². The van der Waals surface area contributed by atoms with Crippen molar-refractivity contribution in [3.63, 3.8) is 0 Å². The average Bonchev–Trinajstić information content (AvgIpc) is 4.04. The van der Waals surface area contributed by atoms with Crippen molar-refractivity contribution in [1.82, 2.24) is 9.13 Å². The van der Waals surface area contributed by atoms with Gasteiger partial charge < -0.3 is 18.0 Å². The second-order valence-electron chi connectivity index (χ2n) is 15.2. The average molecular weight is 741 g/mol. The molecule has 0 fully saturated rings. The van der Waals surface area contributed by atoms with Gasteiger partial charge in [0.15, 0.2) is 5.58 Å². The molecule has 0 radical (unpaired) electrons. The number of rotatable bonds is 4. The molecule has 0 unspecified atom stereocenters. The number of para-hydroxylation sites is 7. The highest BCUT2D eigenvalue weighted by molar-refractivity contribution is 6.24. The van der Waals surface area contributed by atoms with Crippen LogP contribution in [0.1, 0.15) is 0 Å². The first kappa shape index (κ1) is 31.4. The van der Waals surface area contributed by atoms with E-state index in [1.54, 1.807) is 0 Å². The van der Waals surface area contributed by atoms with Gasteiger partial charge in [-0.15, -0.1) is 0 Å². The molecule has 0 aliphatic heterocycles. The van der Waals surface area contributed by atoms with E-state index in [9.17, 15) is 0 Å². The maximum atomic E-state index is 6.76. The summed E-state index contributed by atoms with van der Waals surface area (Å²) in [6.45, 7) is 0. The minimum absolute atomic E-state index is 0.873. The minimum Gasteiger partial charge on any atom is -0.456 e. The number of nitrogens with zero attached hydrogens (tertiary/aromatic N) is 2. The lowest BCUT2D eigenvalue weighted by atomic mass is 9.89. The van der Waals surface area contributed by atoms with Crippen LogP contribution in [0.15, 0.2) is 203 Å². The van der Waals surface area contributed by atoms with Gasteiger partial charge >= 0.3 is 0 Å². The predicted octanol–water partition coefficient (Wildman–Crippen LogP) is 15.0. The zero-order chi connectivity index (χ0) is 37.9. The highest BCUT2D eigenvalue weighted by Crippen LogP contribution is 2.49. The molecule has 0 aliphatic rings. The van der Waals surface area contributed by atoms with Crippen LogP contribution in [0, 0.1) is 0 Å². The van der Waals surface area contributed by atoms with Crippen molar-refractivity contribution < 1.29 is 8.83 Å². The van der Waals surface area contributed by atoms with Gasteiger partial charge in [-0.2, -0.15) is 0 Å². The molecular weight excluding hydrogens is 709 g/mol. The molecule has 9 aromatic carbocycles. The Bertz CT molecular complexity index is 3800. The summed E-state index contributed by atoms with van der Waals surface area (Å²) in [7, 11) is 0. The molecule has 0 atom stereocenters. The van der Waals surface area contributed by atoms with Gasteiger partial charge in [-0.05, 0) is 71.8 Å². The van der Waals surface area contributed by atoms with Gasteiger partial charge in [0.1, 0.15) is 16.7 Å². The quantitative estimate of drug-likeness (QED) is 0.180. The Kier molecular flexibility index (Phi) is 6.41. The zero-order valence-corrected chi connectivity index (χ0v) is 31.2. The van der Waals surface area contributed by atoms with Crippen molar-refractivity contribution >= 4 is 87.5 Å². The minimum atomic E-state index is 0.873. The zero-order valence-electron chi connectivity index (χ0n) is 31.2. The summed E-state index contributed by atoms with van der Waals surface area (Å²) in [5.41, 5.74) is 14.9. The van der Waals surface area contributed by atoms with Crippen LogP contribution in [0.25, 0.3) is 121 Å². The Labute approximate surface area is 332 Å².